The van der Waals surface area contributed by atoms with Crippen LogP contribution in [0.25, 0.3) is 0 Å². The molecular formula is C21H18N4O. The Morgan fingerprint density at radius 1 is 1.08 bits per heavy atom. The third-order valence-electron chi connectivity index (χ3n) is 3.92. The Kier molecular flexibility index (Phi) is 5.25. The molecule has 0 spiro atoms. The SMILES string of the molecule is CCN(C(=O)c1cncc(Nc2ccc(C#N)cc2)c1)c1ccccc1. The van der Waals surface area contributed by atoms with E-state index in [2.05, 4.69) is 16.4 Å². The lowest BCUT2D eigenvalue weighted by Crippen LogP contribution is -2.30. The zero-order valence-corrected chi connectivity index (χ0v) is 14.4. The largest absolute Gasteiger partial charge is 0.354 e. The maximum absolute atomic E-state index is 12.9. The lowest BCUT2D eigenvalue weighted by Gasteiger charge is -2.21. The number of rotatable bonds is 5. The smallest absolute Gasteiger partial charge is 0.259 e. The number of nitrogens with one attached hydrogen (secondary N) is 1. The van der Waals surface area contributed by atoms with E-state index >= 15 is 0 Å². The first kappa shape index (κ1) is 17.2. The van der Waals surface area contributed by atoms with Crippen LogP contribution in [0.1, 0.15) is 22.8 Å². The van der Waals surface area contributed by atoms with Gasteiger partial charge in [-0.1, -0.05) is 18.2 Å². The summed E-state index contributed by atoms with van der Waals surface area (Å²) in [5.41, 5.74) is 3.49. The van der Waals surface area contributed by atoms with Gasteiger partial charge in [-0.05, 0) is 49.4 Å². The highest BCUT2D eigenvalue weighted by atomic mass is 16.2. The van der Waals surface area contributed by atoms with Crippen molar-refractivity contribution in [1.82, 2.24) is 4.98 Å². The summed E-state index contributed by atoms with van der Waals surface area (Å²) < 4.78 is 0. The minimum absolute atomic E-state index is 0.102. The maximum Gasteiger partial charge on any atom is 0.259 e. The summed E-state index contributed by atoms with van der Waals surface area (Å²) in [5.74, 6) is -0.102. The van der Waals surface area contributed by atoms with Gasteiger partial charge in [-0.3, -0.25) is 9.78 Å². The molecule has 5 nitrogen and oxygen atoms in total. The Labute approximate surface area is 152 Å². The second-order valence-electron chi connectivity index (χ2n) is 5.66. The number of hydrogen-bond donors (Lipinski definition) is 1. The molecule has 0 saturated heterocycles. The van der Waals surface area contributed by atoms with Gasteiger partial charge >= 0.3 is 0 Å². The highest BCUT2D eigenvalue weighted by Gasteiger charge is 2.16. The molecule has 128 valence electrons. The number of nitrogens with zero attached hydrogens (tertiary/aromatic N) is 3. The number of carbonyl (C=O) groups excluding carboxylic acids is 1. The molecule has 26 heavy (non-hydrogen) atoms. The molecule has 0 bridgehead atoms. The van der Waals surface area contributed by atoms with Crippen molar-refractivity contribution in [2.45, 2.75) is 6.92 Å². The van der Waals surface area contributed by atoms with Crippen molar-refractivity contribution in [2.75, 3.05) is 16.8 Å². The van der Waals surface area contributed by atoms with Gasteiger partial charge in [0.15, 0.2) is 0 Å². The van der Waals surface area contributed by atoms with E-state index in [0.717, 1.165) is 11.4 Å². The van der Waals surface area contributed by atoms with Crippen molar-refractivity contribution in [2.24, 2.45) is 0 Å². The van der Waals surface area contributed by atoms with Crippen LogP contribution in [0.15, 0.2) is 73.1 Å². The van der Waals surface area contributed by atoms with Gasteiger partial charge in [-0.25, -0.2) is 0 Å². The molecule has 2 aromatic carbocycles. The number of carbonyl (C=O) groups is 1. The molecule has 1 N–H and O–H groups in total. The summed E-state index contributed by atoms with van der Waals surface area (Å²) in [5, 5.41) is 12.1. The summed E-state index contributed by atoms with van der Waals surface area (Å²) in [4.78, 5) is 18.8. The van der Waals surface area contributed by atoms with Gasteiger partial charge in [0.25, 0.3) is 5.91 Å². The molecule has 0 atom stereocenters. The third kappa shape index (κ3) is 3.87. The van der Waals surface area contributed by atoms with Gasteiger partial charge in [-0.2, -0.15) is 5.26 Å². The summed E-state index contributed by atoms with van der Waals surface area (Å²) in [6, 6.07) is 20.5. The molecule has 0 aliphatic rings. The number of benzene rings is 2. The average molecular weight is 342 g/mol. The van der Waals surface area contributed by atoms with E-state index in [-0.39, 0.29) is 5.91 Å². The van der Waals surface area contributed by atoms with Crippen molar-refractivity contribution < 1.29 is 4.79 Å². The highest BCUT2D eigenvalue weighted by molar-refractivity contribution is 6.06. The first-order chi connectivity index (χ1) is 12.7. The molecule has 3 rings (SSSR count). The lowest BCUT2D eigenvalue weighted by molar-refractivity contribution is 0.0988. The first-order valence-corrected chi connectivity index (χ1v) is 8.30. The van der Waals surface area contributed by atoms with Crippen molar-refractivity contribution in [3.63, 3.8) is 0 Å². The van der Waals surface area contributed by atoms with E-state index < -0.39 is 0 Å². The van der Waals surface area contributed by atoms with Crippen molar-refractivity contribution in [3.8, 4) is 6.07 Å². The number of aromatic nitrogens is 1. The third-order valence-corrected chi connectivity index (χ3v) is 3.92. The molecular weight excluding hydrogens is 324 g/mol. The average Bonchev–Trinajstić information content (AvgIpc) is 2.70. The van der Waals surface area contributed by atoms with Crippen molar-refractivity contribution >= 4 is 23.0 Å². The zero-order chi connectivity index (χ0) is 18.4. The lowest BCUT2D eigenvalue weighted by atomic mass is 10.2. The monoisotopic (exact) mass is 342 g/mol. The predicted molar refractivity (Wildman–Crippen MR) is 102 cm³/mol. The summed E-state index contributed by atoms with van der Waals surface area (Å²) in [6.07, 6.45) is 3.23. The van der Waals surface area contributed by atoms with Crippen LogP contribution in [0, 0.1) is 11.3 Å². The summed E-state index contributed by atoms with van der Waals surface area (Å²) in [7, 11) is 0. The molecule has 0 radical (unpaired) electrons. The minimum atomic E-state index is -0.102. The molecule has 0 fully saturated rings. The van der Waals surface area contributed by atoms with Crippen LogP contribution >= 0.6 is 0 Å². The van der Waals surface area contributed by atoms with Crippen LogP contribution in [-0.2, 0) is 0 Å². The number of pyridine rings is 1. The second-order valence-corrected chi connectivity index (χ2v) is 5.66. The van der Waals surface area contributed by atoms with Gasteiger partial charge in [0, 0.05) is 24.1 Å². The number of hydrogen-bond acceptors (Lipinski definition) is 4. The fraction of sp³-hybridized carbons (Fsp3) is 0.0952. The van der Waals surface area contributed by atoms with Crippen LogP contribution in [0.3, 0.4) is 0 Å². The van der Waals surface area contributed by atoms with E-state index in [1.54, 1.807) is 35.5 Å². The molecule has 1 heterocycles. The molecule has 1 aromatic heterocycles. The van der Waals surface area contributed by atoms with Gasteiger partial charge in [0.1, 0.15) is 0 Å². The Bertz CT molecular complexity index is 930. The van der Waals surface area contributed by atoms with Gasteiger partial charge in [0.05, 0.1) is 29.1 Å². The first-order valence-electron chi connectivity index (χ1n) is 8.30. The molecule has 5 heteroatoms. The Morgan fingerprint density at radius 3 is 2.46 bits per heavy atom. The Hall–Kier alpha value is -3.65. The van der Waals surface area contributed by atoms with Crippen LogP contribution in [0.2, 0.25) is 0 Å². The number of amides is 1. The van der Waals surface area contributed by atoms with Crippen molar-refractivity contribution in [3.05, 3.63) is 84.2 Å². The van der Waals surface area contributed by atoms with Crippen LogP contribution in [0.4, 0.5) is 17.1 Å². The number of anilines is 3. The predicted octanol–water partition coefficient (Wildman–Crippen LogP) is 4.36. The van der Waals surface area contributed by atoms with Crippen molar-refractivity contribution in [1.29, 1.82) is 5.26 Å². The molecule has 0 aliphatic heterocycles. The van der Waals surface area contributed by atoms with Crippen LogP contribution in [0.5, 0.6) is 0 Å². The summed E-state index contributed by atoms with van der Waals surface area (Å²) >= 11 is 0. The molecule has 1 amide bonds. The quantitative estimate of drug-likeness (QED) is 0.748. The highest BCUT2D eigenvalue weighted by Crippen LogP contribution is 2.20. The number of nitriles is 1. The van der Waals surface area contributed by atoms with Crippen LogP contribution in [-0.4, -0.2) is 17.4 Å². The topological polar surface area (TPSA) is 69.0 Å². The molecule has 0 saturated carbocycles. The van der Waals surface area contributed by atoms with Gasteiger partial charge < -0.3 is 10.2 Å². The zero-order valence-electron chi connectivity index (χ0n) is 14.4. The fourth-order valence-electron chi connectivity index (χ4n) is 2.63. The normalized spacial score (nSPS) is 10.0. The van der Waals surface area contributed by atoms with E-state index in [0.29, 0.717) is 23.4 Å². The minimum Gasteiger partial charge on any atom is -0.354 e. The van der Waals surface area contributed by atoms with E-state index in [1.807, 2.05) is 49.4 Å². The van der Waals surface area contributed by atoms with Gasteiger partial charge in [-0.15, -0.1) is 0 Å². The van der Waals surface area contributed by atoms with E-state index in [1.165, 1.54) is 0 Å². The van der Waals surface area contributed by atoms with Crippen LogP contribution < -0.4 is 10.2 Å². The Morgan fingerprint density at radius 2 is 1.81 bits per heavy atom. The standard InChI is InChI=1S/C21H18N4O/c1-2-25(20-6-4-3-5-7-20)21(26)17-12-19(15-23-14-17)24-18-10-8-16(13-22)9-11-18/h3-12,14-15,24H,2H2,1H3. The van der Waals surface area contributed by atoms with Gasteiger partial charge in [0.2, 0.25) is 0 Å². The number of para-hydroxylation sites is 1. The Balaban J connectivity index is 1.81. The molecule has 0 aliphatic carbocycles. The van der Waals surface area contributed by atoms with E-state index in [4.69, 9.17) is 5.26 Å². The molecule has 3 aromatic rings. The fourth-order valence-corrected chi connectivity index (χ4v) is 2.63. The molecule has 0 unspecified atom stereocenters. The summed E-state index contributed by atoms with van der Waals surface area (Å²) in [6.45, 7) is 2.51. The van der Waals surface area contributed by atoms with E-state index in [9.17, 15) is 4.79 Å². The second kappa shape index (κ2) is 7.95. The maximum atomic E-state index is 12.9.